The van der Waals surface area contributed by atoms with Gasteiger partial charge in [-0.1, -0.05) is 6.07 Å². The maximum atomic E-state index is 13.0. The maximum absolute atomic E-state index is 13.0. The quantitative estimate of drug-likeness (QED) is 0.936. The second-order valence-electron chi connectivity index (χ2n) is 4.91. The fourth-order valence-electron chi connectivity index (χ4n) is 2.14. The smallest absolute Gasteiger partial charge is 0.433 e. The molecule has 1 amide bonds. The van der Waals surface area contributed by atoms with E-state index in [1.165, 1.54) is 0 Å². The molecule has 0 aliphatic carbocycles. The van der Waals surface area contributed by atoms with Crippen LogP contribution in [0.5, 0.6) is 5.75 Å². The second kappa shape index (κ2) is 6.31. The molecule has 8 heteroatoms. The third-order valence-electron chi connectivity index (χ3n) is 3.14. The van der Waals surface area contributed by atoms with Gasteiger partial charge in [-0.05, 0) is 31.5 Å². The standard InChI is InChI=1S/C15H16F3N3O2/c1-4-23-12-7-9(2)5-6-11(12)20-14(22)10-8-19-21(3)13(10)15(16,17)18/h5-8H,4H2,1-3H3,(H,20,22). The Morgan fingerprint density at radius 2 is 2.09 bits per heavy atom. The van der Waals surface area contributed by atoms with E-state index < -0.39 is 23.3 Å². The minimum atomic E-state index is -4.67. The summed E-state index contributed by atoms with van der Waals surface area (Å²) in [7, 11) is 1.14. The van der Waals surface area contributed by atoms with Crippen LogP contribution in [0.4, 0.5) is 18.9 Å². The van der Waals surface area contributed by atoms with E-state index in [2.05, 4.69) is 10.4 Å². The van der Waals surface area contributed by atoms with E-state index in [1.807, 2.05) is 6.92 Å². The van der Waals surface area contributed by atoms with Gasteiger partial charge in [-0.25, -0.2) is 0 Å². The van der Waals surface area contributed by atoms with Crippen molar-refractivity contribution in [1.29, 1.82) is 0 Å². The van der Waals surface area contributed by atoms with Crippen molar-refractivity contribution < 1.29 is 22.7 Å². The van der Waals surface area contributed by atoms with Crippen LogP contribution < -0.4 is 10.1 Å². The highest BCUT2D eigenvalue weighted by molar-refractivity contribution is 6.05. The van der Waals surface area contributed by atoms with Crippen molar-refractivity contribution in [3.05, 3.63) is 41.2 Å². The summed E-state index contributed by atoms with van der Waals surface area (Å²) >= 11 is 0. The molecule has 1 aromatic heterocycles. The zero-order valence-corrected chi connectivity index (χ0v) is 12.9. The average Bonchev–Trinajstić information content (AvgIpc) is 2.84. The normalized spacial score (nSPS) is 11.4. The zero-order chi connectivity index (χ0) is 17.2. The molecular formula is C15H16F3N3O2. The molecule has 0 aliphatic heterocycles. The van der Waals surface area contributed by atoms with Crippen molar-refractivity contribution in [2.24, 2.45) is 7.05 Å². The van der Waals surface area contributed by atoms with Crippen molar-refractivity contribution in [2.45, 2.75) is 20.0 Å². The molecule has 0 saturated carbocycles. The predicted molar refractivity (Wildman–Crippen MR) is 78.5 cm³/mol. The lowest BCUT2D eigenvalue weighted by Gasteiger charge is -2.13. The van der Waals surface area contributed by atoms with Crippen LogP contribution in [0.25, 0.3) is 0 Å². The topological polar surface area (TPSA) is 56.1 Å². The molecule has 0 fully saturated rings. The van der Waals surface area contributed by atoms with E-state index in [0.717, 1.165) is 18.8 Å². The third kappa shape index (κ3) is 3.64. The minimum absolute atomic E-state index is 0.305. The fraction of sp³-hybridized carbons (Fsp3) is 0.333. The number of carbonyl (C=O) groups excluding carboxylic acids is 1. The number of aromatic nitrogens is 2. The number of amides is 1. The molecule has 0 bridgehead atoms. The molecule has 0 aliphatic rings. The Hall–Kier alpha value is -2.51. The summed E-state index contributed by atoms with van der Waals surface area (Å²) in [5.74, 6) is -0.492. The first kappa shape index (κ1) is 16.9. The Kier molecular flexibility index (Phi) is 4.63. The van der Waals surface area contributed by atoms with Crippen molar-refractivity contribution in [3.8, 4) is 5.75 Å². The van der Waals surface area contributed by atoms with Gasteiger partial charge in [0.15, 0.2) is 5.69 Å². The van der Waals surface area contributed by atoms with E-state index in [9.17, 15) is 18.0 Å². The SMILES string of the molecule is CCOc1cc(C)ccc1NC(=O)c1cnn(C)c1C(F)(F)F. The summed E-state index contributed by atoms with van der Waals surface area (Å²) < 4.78 is 45.1. The summed E-state index contributed by atoms with van der Waals surface area (Å²) in [5.41, 5.74) is -0.425. The number of hydrogen-bond acceptors (Lipinski definition) is 3. The van der Waals surface area contributed by atoms with Crippen LogP contribution in [0.3, 0.4) is 0 Å². The Balaban J connectivity index is 2.34. The second-order valence-corrected chi connectivity index (χ2v) is 4.91. The molecule has 124 valence electrons. The Bertz CT molecular complexity index is 723. The molecule has 0 atom stereocenters. The number of carbonyl (C=O) groups is 1. The number of anilines is 1. The van der Waals surface area contributed by atoms with Crippen molar-refractivity contribution in [1.82, 2.24) is 9.78 Å². The van der Waals surface area contributed by atoms with Crippen molar-refractivity contribution in [2.75, 3.05) is 11.9 Å². The molecule has 1 aromatic carbocycles. The van der Waals surface area contributed by atoms with Gasteiger partial charge in [0.05, 0.1) is 24.1 Å². The lowest BCUT2D eigenvalue weighted by Crippen LogP contribution is -2.20. The third-order valence-corrected chi connectivity index (χ3v) is 3.14. The molecule has 2 aromatic rings. The van der Waals surface area contributed by atoms with E-state index in [0.29, 0.717) is 22.7 Å². The van der Waals surface area contributed by atoms with Crippen LogP contribution in [0, 0.1) is 6.92 Å². The van der Waals surface area contributed by atoms with Gasteiger partial charge in [0.1, 0.15) is 5.75 Å². The number of aryl methyl sites for hydroxylation is 2. The molecule has 0 spiro atoms. The molecule has 23 heavy (non-hydrogen) atoms. The molecule has 5 nitrogen and oxygen atoms in total. The fourth-order valence-corrected chi connectivity index (χ4v) is 2.14. The summed E-state index contributed by atoms with van der Waals surface area (Å²) in [5, 5.41) is 5.97. The Morgan fingerprint density at radius 1 is 1.39 bits per heavy atom. The van der Waals surface area contributed by atoms with Gasteiger partial charge in [0.25, 0.3) is 5.91 Å². The number of benzene rings is 1. The Labute approximate surface area is 131 Å². The lowest BCUT2D eigenvalue weighted by molar-refractivity contribution is -0.144. The largest absolute Gasteiger partial charge is 0.492 e. The monoisotopic (exact) mass is 327 g/mol. The van der Waals surface area contributed by atoms with E-state index in [4.69, 9.17) is 4.74 Å². The molecule has 1 N–H and O–H groups in total. The maximum Gasteiger partial charge on any atom is 0.433 e. The van der Waals surface area contributed by atoms with Gasteiger partial charge in [-0.3, -0.25) is 9.48 Å². The number of halogens is 3. The molecule has 2 rings (SSSR count). The summed E-state index contributed by atoms with van der Waals surface area (Å²) in [6.07, 6.45) is -3.78. The van der Waals surface area contributed by atoms with Crippen LogP contribution in [0.15, 0.2) is 24.4 Å². The number of ether oxygens (including phenoxy) is 1. The first-order valence-corrected chi connectivity index (χ1v) is 6.88. The highest BCUT2D eigenvalue weighted by atomic mass is 19.4. The molecule has 0 radical (unpaired) electrons. The van der Waals surface area contributed by atoms with E-state index >= 15 is 0 Å². The van der Waals surface area contributed by atoms with Crippen LogP contribution in [-0.4, -0.2) is 22.3 Å². The van der Waals surface area contributed by atoms with E-state index in [1.54, 1.807) is 25.1 Å². The van der Waals surface area contributed by atoms with Gasteiger partial charge < -0.3 is 10.1 Å². The van der Waals surface area contributed by atoms with Crippen LogP contribution in [0.2, 0.25) is 0 Å². The molecule has 0 saturated heterocycles. The number of rotatable bonds is 4. The van der Waals surface area contributed by atoms with Gasteiger partial charge in [0, 0.05) is 7.05 Å². The predicted octanol–water partition coefficient (Wildman–Crippen LogP) is 3.40. The number of alkyl halides is 3. The zero-order valence-electron chi connectivity index (χ0n) is 12.9. The summed E-state index contributed by atoms with van der Waals surface area (Å²) in [6.45, 7) is 3.99. The Morgan fingerprint density at radius 3 is 2.70 bits per heavy atom. The summed E-state index contributed by atoms with van der Waals surface area (Å²) in [6, 6.07) is 5.01. The number of hydrogen-bond donors (Lipinski definition) is 1. The van der Waals surface area contributed by atoms with Gasteiger partial charge in [-0.2, -0.15) is 18.3 Å². The minimum Gasteiger partial charge on any atom is -0.492 e. The van der Waals surface area contributed by atoms with Crippen LogP contribution in [-0.2, 0) is 13.2 Å². The molecular weight excluding hydrogens is 311 g/mol. The summed E-state index contributed by atoms with van der Waals surface area (Å²) in [4.78, 5) is 12.2. The van der Waals surface area contributed by atoms with E-state index in [-0.39, 0.29) is 0 Å². The van der Waals surface area contributed by atoms with Gasteiger partial charge >= 0.3 is 6.18 Å². The van der Waals surface area contributed by atoms with Crippen molar-refractivity contribution >= 4 is 11.6 Å². The number of nitrogens with zero attached hydrogens (tertiary/aromatic N) is 2. The average molecular weight is 327 g/mol. The molecule has 0 unspecified atom stereocenters. The van der Waals surface area contributed by atoms with Gasteiger partial charge in [-0.15, -0.1) is 0 Å². The molecule has 1 heterocycles. The van der Waals surface area contributed by atoms with Crippen LogP contribution >= 0.6 is 0 Å². The van der Waals surface area contributed by atoms with Crippen LogP contribution in [0.1, 0.15) is 28.5 Å². The first-order valence-electron chi connectivity index (χ1n) is 6.88. The highest BCUT2D eigenvalue weighted by Gasteiger charge is 2.39. The highest BCUT2D eigenvalue weighted by Crippen LogP contribution is 2.32. The van der Waals surface area contributed by atoms with Crippen molar-refractivity contribution in [3.63, 3.8) is 0 Å². The lowest BCUT2D eigenvalue weighted by atomic mass is 10.2. The van der Waals surface area contributed by atoms with Gasteiger partial charge in [0.2, 0.25) is 0 Å². The number of nitrogens with one attached hydrogen (secondary N) is 1. The first-order chi connectivity index (χ1) is 10.7.